The van der Waals surface area contributed by atoms with E-state index in [1.807, 2.05) is 0 Å². The van der Waals surface area contributed by atoms with Gasteiger partial charge >= 0.3 is 50.6 Å². The van der Waals surface area contributed by atoms with Crippen molar-refractivity contribution in [2.75, 3.05) is 25.7 Å². The SMILES string of the molecule is C.CC(C)(C[C@]1(c2ccc(-c3ccc(S(C)(=O)=O)cc3)cc2)N=C(N)N([C@H](COC(=O)CC2(C(F)F)CC2)c2ccc(Cl)c(-c3ncnn3C(F)F)c2)C1=O)C(F)(F)F.CC(C)(C[C@]1(c2ccc(Br)cc2)N=C(NC(=O)OCc2ccccc2)N([C@H](COC(=O)CC2(C(F)F)CC2)c2ccc(Cl)c(-c3ncnn3C(F)F)c2)C1=O)C(F)(F)F.CS(=O)(=O)c1ccc(B(O)O)cc1. The minimum Gasteiger partial charge on any atom is -0.463 e. The third-order valence-corrected chi connectivity index (χ3v) is 25.8. The van der Waals surface area contributed by atoms with Gasteiger partial charge in [-0.3, -0.25) is 34.3 Å². The molecule has 2 fully saturated rings. The number of aromatic nitrogens is 6. The van der Waals surface area contributed by atoms with Gasteiger partial charge in [-0.2, -0.15) is 63.5 Å². The van der Waals surface area contributed by atoms with Crippen molar-refractivity contribution >= 4 is 113 Å². The van der Waals surface area contributed by atoms with E-state index in [0.29, 0.717) is 21.2 Å². The number of ether oxygens (including phenoxy) is 3. The average Bonchev–Trinajstić information content (AvgIpc) is 1.55. The third kappa shape index (κ3) is 23.1. The largest absolute Gasteiger partial charge is 0.488 e. The quantitative estimate of drug-likeness (QED) is 0.0141. The summed E-state index contributed by atoms with van der Waals surface area (Å²) in [5.41, 5.74) is -5.08. The smallest absolute Gasteiger partial charge is 0.463 e. The van der Waals surface area contributed by atoms with Crippen LogP contribution in [0, 0.1) is 21.7 Å². The molecule has 26 nitrogen and oxygen atoms in total. The van der Waals surface area contributed by atoms with Crippen LogP contribution >= 0.6 is 39.1 Å². The topological polar surface area (TPSA) is 352 Å². The number of carbonyl (C=O) groups is 5. The van der Waals surface area contributed by atoms with Crippen molar-refractivity contribution in [2.45, 2.75) is 164 Å². The first kappa shape index (κ1) is 102. The third-order valence-electron chi connectivity index (χ3n) is 22.4. The van der Waals surface area contributed by atoms with Gasteiger partial charge in [-0.15, -0.1) is 0 Å². The molecule has 46 heteroatoms. The predicted octanol–water partition coefficient (Wildman–Crippen LogP) is 17.3. The lowest BCUT2D eigenvalue weighted by Gasteiger charge is -2.37. The summed E-state index contributed by atoms with van der Waals surface area (Å²) in [6, 6.07) is 35.6. The molecule has 9 aromatic rings. The van der Waals surface area contributed by atoms with Crippen molar-refractivity contribution in [1.82, 2.24) is 44.6 Å². The van der Waals surface area contributed by atoms with Crippen molar-refractivity contribution < 1.29 is 127 Å². The van der Waals surface area contributed by atoms with E-state index in [-0.39, 0.29) is 108 Å². The molecular formula is C85H84BBrCl2F14N12O14S2. The molecule has 0 radical (unpaired) electrons. The number of aliphatic imine (C=N–C) groups is 2. The van der Waals surface area contributed by atoms with Crippen LogP contribution in [-0.4, -0.2) is 166 Å². The number of benzene rings is 7. The van der Waals surface area contributed by atoms with Crippen LogP contribution in [0.15, 0.2) is 201 Å². The second-order valence-corrected chi connectivity index (χ2v) is 38.3. The van der Waals surface area contributed by atoms with E-state index in [1.54, 1.807) is 30.3 Å². The van der Waals surface area contributed by atoms with E-state index in [4.69, 9.17) is 53.2 Å². The number of alkyl halides is 14. The fourth-order valence-electron chi connectivity index (χ4n) is 14.4. The maximum atomic E-state index is 15.2. The van der Waals surface area contributed by atoms with E-state index in [9.17, 15) is 97.5 Å². The first-order chi connectivity index (χ1) is 60.7. The van der Waals surface area contributed by atoms with Gasteiger partial charge in [0.1, 0.15) is 32.5 Å². The molecular weight excluding hydrogens is 1900 g/mol. The number of sulfone groups is 2. The summed E-state index contributed by atoms with van der Waals surface area (Å²) in [6.07, 6.45) is -15.8. The Balaban J connectivity index is 0.000000237. The Labute approximate surface area is 760 Å². The van der Waals surface area contributed by atoms with Gasteiger partial charge in [0.05, 0.1) is 55.6 Å². The molecule has 2 aromatic heterocycles. The van der Waals surface area contributed by atoms with Crippen LogP contribution in [0.5, 0.6) is 0 Å². The summed E-state index contributed by atoms with van der Waals surface area (Å²) in [6.45, 7) is -4.70. The molecule has 702 valence electrons. The van der Waals surface area contributed by atoms with Crippen LogP contribution in [0.4, 0.5) is 66.3 Å². The van der Waals surface area contributed by atoms with Gasteiger partial charge < -0.3 is 30.0 Å². The highest BCUT2D eigenvalue weighted by Crippen LogP contribution is 2.57. The second kappa shape index (κ2) is 39.9. The number of rotatable bonds is 30. The number of hydrogen-bond acceptors (Lipinski definition) is 21. The lowest BCUT2D eigenvalue weighted by atomic mass is 9.74. The number of amides is 3. The van der Waals surface area contributed by atoms with Crippen molar-refractivity contribution in [2.24, 2.45) is 37.4 Å². The molecule has 2 saturated carbocycles. The van der Waals surface area contributed by atoms with Crippen LogP contribution in [0.1, 0.15) is 139 Å². The molecule has 0 bridgehead atoms. The molecule has 4 aliphatic rings. The summed E-state index contributed by atoms with van der Waals surface area (Å²) in [5.74, 6) is -6.39. The van der Waals surface area contributed by atoms with Gasteiger partial charge in [0.25, 0.3) is 11.8 Å². The Morgan fingerprint density at radius 2 is 0.947 bits per heavy atom. The maximum Gasteiger partial charge on any atom is 0.488 e. The van der Waals surface area contributed by atoms with Crippen molar-refractivity contribution in [1.29, 1.82) is 0 Å². The number of nitrogens with zero attached hydrogens (tertiary/aromatic N) is 10. The van der Waals surface area contributed by atoms with E-state index < -0.39 is 202 Å². The Morgan fingerprint density at radius 3 is 1.34 bits per heavy atom. The monoisotopic (exact) mass is 1990 g/mol. The summed E-state index contributed by atoms with van der Waals surface area (Å²) >= 11 is 16.2. The summed E-state index contributed by atoms with van der Waals surface area (Å²) < 4.78 is 262. The van der Waals surface area contributed by atoms with Gasteiger partial charge in [0.2, 0.25) is 18.8 Å². The van der Waals surface area contributed by atoms with Gasteiger partial charge in [0, 0.05) is 38.9 Å². The van der Waals surface area contributed by atoms with Crippen molar-refractivity contribution in [3.05, 3.63) is 219 Å². The predicted molar refractivity (Wildman–Crippen MR) is 455 cm³/mol. The van der Waals surface area contributed by atoms with E-state index in [2.05, 4.69) is 51.4 Å². The molecule has 131 heavy (non-hydrogen) atoms. The van der Waals surface area contributed by atoms with Gasteiger partial charge in [0.15, 0.2) is 48.4 Å². The maximum absolute atomic E-state index is 15.2. The standard InChI is InChI=1S/C39H35BrClF7N6O5.C38H36ClF7N6O5S.C7H9BO4S.CH4/c1-36(2,39(46,47)48)20-38(24-9-11-25(40)12-10-24)32(56)53(34(52-38)51-35(57)59-18-22-6-4-3-5-7-22)28(19-58-29(55)17-37(14-15-37)31(42)43)23-8-13-27(41)26(16-23)30-49-21-50-54(30)33(44)45;1-35(2,38(44,45)46)19-37(24-9-4-21(5-10-24)22-6-11-25(12-7-22)58(3,55)56)32(54)51(34(47)50-37)28(18-57-29(53)17-36(14-15-36)31(40)41)23-8-13-27(39)26(16-23)30-48-20-49-52(30)33(42)43;1-13(11,12)7-4-2-6(3-5-7)8(9)10;/h3-13,16,21,28,31,33H,14-15,17-20H2,1-2H3,(H,51,52,57);4-13,16,20,28,31,33H,14-15,17-19H2,1-3H3,(H2,47,50);2-5,9-10H,1H3;1H4/t28-,38-;28-,37-;;/m11../s1. The highest BCUT2D eigenvalue weighted by atomic mass is 79.9. The van der Waals surface area contributed by atoms with Gasteiger partial charge in [-0.1, -0.05) is 177 Å². The fourth-order valence-corrected chi connectivity index (χ4v) is 16.3. The van der Waals surface area contributed by atoms with E-state index in [0.717, 1.165) is 62.7 Å². The molecule has 5 N–H and O–H groups in total. The van der Waals surface area contributed by atoms with Crippen LogP contribution in [0.25, 0.3) is 33.9 Å². The van der Waals surface area contributed by atoms with Crippen LogP contribution in [0.2, 0.25) is 10.0 Å². The first-order valence-electron chi connectivity index (χ1n) is 39.1. The number of alkyl carbamates (subject to hydrolysis) is 1. The number of carbonyl (C=O) groups excluding carboxylic acids is 5. The van der Waals surface area contributed by atoms with E-state index in [1.165, 1.54) is 133 Å². The fraction of sp³-hybridized carbons (Fsp3) is 0.376. The minimum absolute atomic E-state index is 0. The molecule has 2 aliphatic heterocycles. The van der Waals surface area contributed by atoms with Gasteiger partial charge in [-0.05, 0) is 144 Å². The van der Waals surface area contributed by atoms with Crippen LogP contribution in [0.3, 0.4) is 0 Å². The summed E-state index contributed by atoms with van der Waals surface area (Å²) in [4.78, 5) is 88.4. The number of halogens is 17. The minimum atomic E-state index is -4.88. The van der Waals surface area contributed by atoms with Crippen molar-refractivity contribution in [3.63, 3.8) is 0 Å². The molecule has 0 unspecified atom stereocenters. The Bertz CT molecular complexity index is 5970. The highest BCUT2D eigenvalue weighted by molar-refractivity contribution is 9.10. The zero-order valence-corrected chi connectivity index (χ0v) is 73.9. The second-order valence-electron chi connectivity index (χ2n) is 32.5. The Hall–Kier alpha value is -10.9. The normalized spacial score (nSPS) is 17.7. The molecule has 0 spiro atoms. The van der Waals surface area contributed by atoms with E-state index >= 15 is 4.79 Å². The van der Waals surface area contributed by atoms with Crippen LogP contribution in [-0.2, 0) is 70.7 Å². The molecule has 13 rings (SSSR count). The zero-order chi connectivity index (χ0) is 95.6. The number of guanidine groups is 2. The molecule has 7 aromatic carbocycles. The summed E-state index contributed by atoms with van der Waals surface area (Å²) in [5, 5.41) is 26.7. The van der Waals surface area contributed by atoms with Gasteiger partial charge in [-0.25, -0.2) is 59.1 Å². The van der Waals surface area contributed by atoms with Crippen LogP contribution < -0.4 is 16.5 Å². The lowest BCUT2D eigenvalue weighted by molar-refractivity contribution is -0.218. The Morgan fingerprint density at radius 1 is 0.557 bits per heavy atom. The highest BCUT2D eigenvalue weighted by Gasteiger charge is 2.62. The lowest BCUT2D eigenvalue weighted by Crippen LogP contribution is -2.50. The molecule has 2 aliphatic carbocycles. The molecule has 3 amide bonds. The average molecular weight is 1990 g/mol. The summed E-state index contributed by atoms with van der Waals surface area (Å²) in [7, 11) is -8.27. The van der Waals surface area contributed by atoms with Crippen molar-refractivity contribution in [3.8, 4) is 33.9 Å². The number of hydrogen-bond donors (Lipinski definition) is 4. The number of nitrogens with two attached hydrogens (primary N) is 1. The molecule has 4 heterocycles. The first-order valence-corrected chi connectivity index (χ1v) is 44.4. The number of nitrogens with one attached hydrogen (secondary N) is 1. The Kier molecular flexibility index (Phi) is 31.1. The molecule has 0 saturated heterocycles. The molecule has 4 atom stereocenters. The zero-order valence-electron chi connectivity index (χ0n) is 69.1. The number of esters is 2.